The minimum Gasteiger partial charge on any atom is -0.446 e. The minimum absolute atomic E-state index is 0. The van der Waals surface area contributed by atoms with E-state index in [0.29, 0.717) is 55.9 Å². The Morgan fingerprint density at radius 2 is 1.81 bits per heavy atom. The van der Waals surface area contributed by atoms with Gasteiger partial charge >= 0.3 is 47.5 Å². The number of thioether (sulfide) groups is 1. The molecule has 5 atom stereocenters. The van der Waals surface area contributed by atoms with Gasteiger partial charge in [-0.05, 0) is 25.7 Å². The molecule has 1 saturated carbocycles. The Bertz CT molecular complexity index is 823. The first-order valence-corrected chi connectivity index (χ1v) is 13.7. The number of hydroxylamine groups is 1. The second-order valence-electron chi connectivity index (χ2n) is 8.72. The first-order valence-electron chi connectivity index (χ1n) is 11.9. The fourth-order valence-corrected chi connectivity index (χ4v) is 6.39. The molecule has 16 heteroatoms. The number of carbonyl (C=O) groups excluding carboxylic acids is 5. The van der Waals surface area contributed by atoms with E-state index in [0.717, 1.165) is 18.6 Å². The first kappa shape index (κ1) is 32.3. The molecule has 37 heavy (non-hydrogen) atoms. The van der Waals surface area contributed by atoms with Gasteiger partial charge in [0.2, 0.25) is 6.10 Å². The summed E-state index contributed by atoms with van der Waals surface area (Å²) in [6, 6.07) is 0.275. The molecule has 13 nitrogen and oxygen atoms in total. The average molecular weight is 573 g/mol. The van der Waals surface area contributed by atoms with Gasteiger partial charge in [-0.15, -0.1) is 4.33 Å². The molecule has 0 aromatic rings. The van der Waals surface area contributed by atoms with Crippen molar-refractivity contribution < 1.29 is 77.7 Å². The maximum atomic E-state index is 12.1. The molecule has 0 radical (unpaired) electrons. The van der Waals surface area contributed by atoms with Gasteiger partial charge in [-0.3, -0.25) is 19.2 Å². The molecule has 0 spiro atoms. The Morgan fingerprint density at radius 3 is 2.59 bits per heavy atom. The molecule has 3 fully saturated rings. The maximum absolute atomic E-state index is 12.1. The molecule has 3 rings (SSSR count). The van der Waals surface area contributed by atoms with E-state index in [4.69, 9.17) is 14.8 Å². The van der Waals surface area contributed by atoms with Crippen LogP contribution < -0.4 is 45.7 Å². The quantitative estimate of drug-likeness (QED) is 0.0239. The summed E-state index contributed by atoms with van der Waals surface area (Å²) in [5, 5.41) is 16.9. The number of fused-ring (bicyclic) bond motifs is 1. The predicted molar refractivity (Wildman–Crippen MR) is 127 cm³/mol. The number of hydrogen-bond acceptors (Lipinski definition) is 13. The molecule has 0 aromatic carbocycles. The number of Topliss-reactive ketones (excluding diaryl/α,β-unsaturated/α-hetero) is 2. The summed E-state index contributed by atoms with van der Waals surface area (Å²) in [6.07, 6.45) is 3.06. The minimum atomic E-state index is -1.45. The number of carbonyl (C=O) groups is 5. The SMILES string of the molecule is O=C1NC2CSC(CCCCC(=O)ONCCCCCC(=O)OC3C(=O)CC(SOOO)C3=O)C2N1.[Na+]. The Balaban J connectivity index is 0.00000481. The van der Waals surface area contributed by atoms with Gasteiger partial charge < -0.3 is 20.2 Å². The average Bonchev–Trinajstić information content (AvgIpc) is 3.48. The van der Waals surface area contributed by atoms with E-state index in [9.17, 15) is 24.0 Å². The molecule has 5 unspecified atom stereocenters. The second-order valence-corrected chi connectivity index (χ2v) is 10.9. The van der Waals surface area contributed by atoms with E-state index >= 15 is 0 Å². The number of rotatable bonds is 16. The van der Waals surface area contributed by atoms with Crippen LogP contribution in [0.2, 0.25) is 0 Å². The van der Waals surface area contributed by atoms with Crippen molar-refractivity contribution in [3.8, 4) is 0 Å². The molecular weight excluding hydrogens is 541 g/mol. The largest absolute Gasteiger partial charge is 1.00 e. The fraction of sp³-hybridized carbons (Fsp3) is 0.762. The number of nitrogens with one attached hydrogen (secondary N) is 3. The van der Waals surface area contributed by atoms with Crippen LogP contribution in [0.4, 0.5) is 4.79 Å². The van der Waals surface area contributed by atoms with Crippen LogP contribution in [0.15, 0.2) is 0 Å². The number of amides is 2. The maximum Gasteiger partial charge on any atom is 1.00 e. The van der Waals surface area contributed by atoms with E-state index in [1.165, 1.54) is 0 Å². The van der Waals surface area contributed by atoms with Crippen LogP contribution in [0.3, 0.4) is 0 Å². The van der Waals surface area contributed by atoms with Gasteiger partial charge in [-0.1, -0.05) is 17.9 Å². The van der Waals surface area contributed by atoms with Crippen molar-refractivity contribution in [1.82, 2.24) is 16.1 Å². The molecule has 3 aliphatic rings. The standard InChI is InChI=1S/C21H31N3O10S2.Na/c25-13-10-15(36-34-33-30)19(28)20(13)31-16(26)7-2-1-5-9-22-32-17(27)8-4-3-6-14-18-12(11-35-14)23-21(29)24-18;/h12,14-15,18,20,22,30H,1-11H2,(H2,23,24,29);/q;+1. The summed E-state index contributed by atoms with van der Waals surface area (Å²) < 4.78 is 9.17. The predicted octanol–water partition coefficient (Wildman–Crippen LogP) is -1.78. The van der Waals surface area contributed by atoms with Crippen molar-refractivity contribution >= 4 is 53.3 Å². The zero-order valence-corrected chi connectivity index (χ0v) is 24.2. The zero-order chi connectivity index (χ0) is 25.9. The normalized spacial score (nSPS) is 26.3. The summed E-state index contributed by atoms with van der Waals surface area (Å²) in [5.41, 5.74) is 2.63. The number of ether oxygens (including phenoxy) is 1. The van der Waals surface area contributed by atoms with Crippen LogP contribution in [-0.4, -0.2) is 75.8 Å². The van der Waals surface area contributed by atoms with Gasteiger partial charge in [0.1, 0.15) is 5.25 Å². The van der Waals surface area contributed by atoms with Gasteiger partial charge in [0.25, 0.3) is 0 Å². The summed E-state index contributed by atoms with van der Waals surface area (Å²) in [7, 11) is 0. The molecule has 2 aliphatic heterocycles. The Kier molecular flexibility index (Phi) is 14.8. The fourth-order valence-electron chi connectivity index (χ4n) is 4.26. The van der Waals surface area contributed by atoms with Crippen LogP contribution in [0.5, 0.6) is 0 Å². The first-order chi connectivity index (χ1) is 17.4. The smallest absolute Gasteiger partial charge is 0.446 e. The van der Waals surface area contributed by atoms with E-state index in [-0.39, 0.29) is 66.5 Å². The monoisotopic (exact) mass is 572 g/mol. The van der Waals surface area contributed by atoms with Crippen molar-refractivity contribution in [2.75, 3.05) is 12.3 Å². The Labute approximate surface area is 244 Å². The number of hydrogen-bond donors (Lipinski definition) is 4. The van der Waals surface area contributed by atoms with Crippen LogP contribution in [-0.2, 0) is 38.1 Å². The van der Waals surface area contributed by atoms with Crippen LogP contribution in [0.1, 0.15) is 57.8 Å². The molecule has 0 aromatic heterocycles. The van der Waals surface area contributed by atoms with E-state index in [1.807, 2.05) is 11.8 Å². The topological polar surface area (TPSA) is 179 Å². The molecule has 2 heterocycles. The van der Waals surface area contributed by atoms with Crippen LogP contribution in [0.25, 0.3) is 0 Å². The van der Waals surface area contributed by atoms with Gasteiger partial charge in [-0.25, -0.2) is 10.1 Å². The van der Waals surface area contributed by atoms with Gasteiger partial charge in [0, 0.05) is 48.9 Å². The van der Waals surface area contributed by atoms with Gasteiger partial charge in [0.05, 0.1) is 12.1 Å². The number of unbranched alkanes of at least 4 members (excludes halogenated alkanes) is 3. The third-order valence-corrected chi connectivity index (χ3v) is 8.37. The van der Waals surface area contributed by atoms with Gasteiger partial charge in [-0.2, -0.15) is 17.2 Å². The van der Waals surface area contributed by atoms with Crippen molar-refractivity contribution in [3.63, 3.8) is 0 Å². The molecule has 4 N–H and O–H groups in total. The summed E-state index contributed by atoms with van der Waals surface area (Å²) in [4.78, 5) is 64.1. The zero-order valence-electron chi connectivity index (χ0n) is 20.6. The number of ketones is 2. The summed E-state index contributed by atoms with van der Waals surface area (Å²) >= 11 is 2.33. The van der Waals surface area contributed by atoms with E-state index in [1.54, 1.807) is 0 Å². The summed E-state index contributed by atoms with van der Waals surface area (Å²) in [6.45, 7) is 0.431. The van der Waals surface area contributed by atoms with E-state index < -0.39 is 28.9 Å². The van der Waals surface area contributed by atoms with Gasteiger partial charge in [0.15, 0.2) is 11.6 Å². The van der Waals surface area contributed by atoms with Crippen molar-refractivity contribution in [2.24, 2.45) is 0 Å². The van der Waals surface area contributed by atoms with Crippen LogP contribution >= 0.6 is 23.8 Å². The summed E-state index contributed by atoms with van der Waals surface area (Å²) in [5.74, 6) is -1.19. The molecular formula is C21H31N3NaO10S2+. The molecule has 1 aliphatic carbocycles. The van der Waals surface area contributed by atoms with Crippen molar-refractivity contribution in [3.05, 3.63) is 0 Å². The third kappa shape index (κ3) is 10.3. The molecule has 2 amide bonds. The Morgan fingerprint density at radius 1 is 1.05 bits per heavy atom. The number of esters is 1. The van der Waals surface area contributed by atoms with Crippen molar-refractivity contribution in [2.45, 2.75) is 86.5 Å². The van der Waals surface area contributed by atoms with Crippen molar-refractivity contribution in [1.29, 1.82) is 0 Å². The molecule has 2 saturated heterocycles. The Hall–Kier alpha value is -0.910. The second kappa shape index (κ2) is 16.9. The molecule has 0 bridgehead atoms. The van der Waals surface area contributed by atoms with Crippen LogP contribution in [0, 0.1) is 0 Å². The van der Waals surface area contributed by atoms with E-state index in [2.05, 4.69) is 25.5 Å². The third-order valence-electron chi connectivity index (χ3n) is 6.09. The number of urea groups is 1. The molecule has 202 valence electrons.